The molecule has 0 saturated heterocycles. The van der Waals surface area contributed by atoms with E-state index in [1.54, 1.807) is 0 Å². The third-order valence-corrected chi connectivity index (χ3v) is 13.9. The van der Waals surface area contributed by atoms with Gasteiger partial charge >= 0.3 is 0 Å². The Labute approximate surface area is 202 Å². The van der Waals surface area contributed by atoms with Crippen molar-refractivity contribution in [2.75, 3.05) is 0 Å². The van der Waals surface area contributed by atoms with Crippen LogP contribution in [-0.4, -0.2) is 23.1 Å². The summed E-state index contributed by atoms with van der Waals surface area (Å²) in [5, 5.41) is 0. The number of allylic oxidation sites excluding steroid dienone is 2. The van der Waals surface area contributed by atoms with Gasteiger partial charge in [-0.2, -0.15) is 0 Å². The first-order valence-electron chi connectivity index (χ1n) is 13.2. The molecular weight excluding hydrogens is 424 g/mol. The van der Waals surface area contributed by atoms with Gasteiger partial charge in [-0.25, -0.2) is 0 Å². The third kappa shape index (κ3) is 1.27. The normalized spacial score (nSPS) is 61.9. The molecule has 12 atom stereocenters. The molecule has 8 saturated carbocycles. The Hall–Kier alpha value is -1.84. The molecule has 8 fully saturated rings. The minimum Gasteiger partial charge on any atom is -0.299 e. The van der Waals surface area contributed by atoms with E-state index >= 15 is 0 Å². The van der Waals surface area contributed by atoms with Gasteiger partial charge in [0.25, 0.3) is 0 Å². The van der Waals surface area contributed by atoms with Crippen molar-refractivity contribution in [3.05, 3.63) is 24.3 Å². The lowest BCUT2D eigenvalue weighted by Gasteiger charge is -2.93. The van der Waals surface area contributed by atoms with Crippen LogP contribution in [0.5, 0.6) is 0 Å². The monoisotopic (exact) mass is 460 g/mol. The summed E-state index contributed by atoms with van der Waals surface area (Å²) in [6, 6.07) is 0. The van der Waals surface area contributed by atoms with Gasteiger partial charge in [0.05, 0.1) is 0 Å². The van der Waals surface area contributed by atoms with Crippen LogP contribution >= 0.6 is 0 Å². The summed E-state index contributed by atoms with van der Waals surface area (Å²) < 4.78 is 0. The van der Waals surface area contributed by atoms with Gasteiger partial charge in [0.15, 0.2) is 0 Å². The molecule has 0 aromatic carbocycles. The number of ketones is 4. The van der Waals surface area contributed by atoms with Crippen molar-refractivity contribution in [2.45, 2.75) is 67.2 Å². The van der Waals surface area contributed by atoms with E-state index in [2.05, 4.69) is 40.9 Å². The highest BCUT2D eigenvalue weighted by Crippen LogP contribution is 3.15. The summed E-state index contributed by atoms with van der Waals surface area (Å²) >= 11 is 0. The predicted octanol–water partition coefficient (Wildman–Crippen LogP) is 4.77. The minimum atomic E-state index is -0.764. The lowest BCUT2D eigenvalue weighted by atomic mass is 9.08. The molecular formula is C30H36O4. The smallest absolute Gasteiger partial charge is 0.144 e. The summed E-state index contributed by atoms with van der Waals surface area (Å²) in [4.78, 5) is 56.3. The third-order valence-electron chi connectivity index (χ3n) is 13.9. The topological polar surface area (TPSA) is 68.3 Å². The van der Waals surface area contributed by atoms with Crippen molar-refractivity contribution in [2.24, 2.45) is 68.0 Å². The number of carbonyl (C=O) groups is 4. The molecule has 0 aromatic heterocycles. The Morgan fingerprint density at radius 1 is 0.765 bits per heavy atom. The predicted molar refractivity (Wildman–Crippen MR) is 126 cm³/mol. The first-order valence-corrected chi connectivity index (χ1v) is 13.2. The maximum absolute atomic E-state index is 14.7. The molecule has 8 rings (SSSR count). The molecule has 4 spiro atoms. The molecule has 0 N–H and O–H groups in total. The standard InChI is InChI=1S/C30H36O4/c1-13(2)17-11-27-25(7)21-24(34)30-16(6)10-20(32)18(14(3)4)12-28(25,30)26(27,8)23(33)22(30)29(21,27)15(5)9-19(17)31/h15-18,21-22H,1,3,9-12H2,2,4-8H3/t15-,16-,17?,18?,21?,22?,25?,26?,27?,28?,29?,30?/m1/s1. The van der Waals surface area contributed by atoms with E-state index in [0.29, 0.717) is 25.7 Å². The van der Waals surface area contributed by atoms with Crippen LogP contribution in [0.2, 0.25) is 0 Å². The summed E-state index contributed by atoms with van der Waals surface area (Å²) in [6.45, 7) is 20.9. The number of rotatable bonds is 2. The van der Waals surface area contributed by atoms with E-state index in [4.69, 9.17) is 0 Å². The molecule has 0 aromatic rings. The van der Waals surface area contributed by atoms with Gasteiger partial charge in [-0.3, -0.25) is 19.2 Å². The van der Waals surface area contributed by atoms with E-state index < -0.39 is 21.7 Å². The largest absolute Gasteiger partial charge is 0.299 e. The molecule has 34 heavy (non-hydrogen) atoms. The molecule has 8 aliphatic carbocycles. The summed E-state index contributed by atoms with van der Waals surface area (Å²) in [5.41, 5.74) is -1.38. The summed E-state index contributed by atoms with van der Waals surface area (Å²) in [5.74, 6) is -0.272. The molecule has 4 heteroatoms. The first-order chi connectivity index (χ1) is 15.7. The summed E-state index contributed by atoms with van der Waals surface area (Å²) in [6.07, 6.45) is 1.98. The number of hydrogen-bond donors (Lipinski definition) is 0. The van der Waals surface area contributed by atoms with Gasteiger partial charge in [0.1, 0.15) is 23.1 Å². The Bertz CT molecular complexity index is 1230. The molecule has 4 nitrogen and oxygen atoms in total. The maximum Gasteiger partial charge on any atom is 0.144 e. The van der Waals surface area contributed by atoms with Crippen molar-refractivity contribution >= 4 is 23.1 Å². The van der Waals surface area contributed by atoms with Crippen LogP contribution in [-0.2, 0) is 19.2 Å². The fourth-order valence-corrected chi connectivity index (χ4v) is 13.9. The van der Waals surface area contributed by atoms with Crippen molar-refractivity contribution in [1.29, 1.82) is 0 Å². The van der Waals surface area contributed by atoms with Gasteiger partial charge < -0.3 is 0 Å². The Kier molecular flexibility index (Phi) is 3.25. The average molecular weight is 461 g/mol. The highest BCUT2D eigenvalue weighted by molar-refractivity contribution is 6.17. The number of Topliss-reactive ketones (excluding diaryl/α,β-unsaturated/α-hetero) is 4. The molecule has 0 amide bonds. The Balaban J connectivity index is 1.59. The van der Waals surface area contributed by atoms with Crippen molar-refractivity contribution in [3.8, 4) is 0 Å². The van der Waals surface area contributed by atoms with Crippen molar-refractivity contribution in [1.82, 2.24) is 0 Å². The van der Waals surface area contributed by atoms with Gasteiger partial charge in [0.2, 0.25) is 0 Å². The van der Waals surface area contributed by atoms with Gasteiger partial charge in [-0.1, -0.05) is 52.0 Å². The van der Waals surface area contributed by atoms with Crippen LogP contribution in [0, 0.1) is 68.0 Å². The lowest BCUT2D eigenvalue weighted by molar-refractivity contribution is -0.491. The highest BCUT2D eigenvalue weighted by Gasteiger charge is 3.18. The van der Waals surface area contributed by atoms with Crippen LogP contribution < -0.4 is 0 Å². The van der Waals surface area contributed by atoms with Crippen LogP contribution in [0.15, 0.2) is 24.3 Å². The molecule has 0 aliphatic heterocycles. The van der Waals surface area contributed by atoms with Crippen LogP contribution in [0.4, 0.5) is 0 Å². The Morgan fingerprint density at radius 2 is 1.26 bits per heavy atom. The molecule has 8 aliphatic rings. The first kappa shape index (κ1) is 21.4. The van der Waals surface area contributed by atoms with Crippen molar-refractivity contribution in [3.63, 3.8) is 0 Å². The number of hydrogen-bond acceptors (Lipinski definition) is 4. The zero-order chi connectivity index (χ0) is 24.8. The molecule has 0 radical (unpaired) electrons. The van der Waals surface area contributed by atoms with E-state index in [1.165, 1.54) is 0 Å². The van der Waals surface area contributed by atoms with Crippen molar-refractivity contribution < 1.29 is 19.2 Å². The van der Waals surface area contributed by atoms with Crippen LogP contribution in [0.3, 0.4) is 0 Å². The average Bonchev–Trinajstić information content (AvgIpc) is 3.04. The van der Waals surface area contributed by atoms with E-state index in [1.807, 2.05) is 13.8 Å². The number of carbonyl (C=O) groups excluding carboxylic acids is 4. The van der Waals surface area contributed by atoms with Gasteiger partial charge in [0, 0.05) is 58.2 Å². The molecule has 0 heterocycles. The lowest BCUT2D eigenvalue weighted by Crippen LogP contribution is -2.92. The van der Waals surface area contributed by atoms with E-state index in [9.17, 15) is 19.2 Å². The quantitative estimate of drug-likeness (QED) is 0.557. The molecule has 180 valence electrons. The maximum atomic E-state index is 14.7. The fourth-order valence-electron chi connectivity index (χ4n) is 13.9. The zero-order valence-electron chi connectivity index (χ0n) is 21.3. The fraction of sp³-hybridized carbons (Fsp3) is 0.733. The second-order valence-electron chi connectivity index (χ2n) is 13.9. The zero-order valence-corrected chi connectivity index (χ0v) is 21.3. The van der Waals surface area contributed by atoms with E-state index in [-0.39, 0.29) is 69.5 Å². The van der Waals surface area contributed by atoms with Gasteiger partial charge in [-0.05, 0) is 49.4 Å². The van der Waals surface area contributed by atoms with E-state index in [0.717, 1.165) is 11.1 Å². The highest BCUT2D eigenvalue weighted by atomic mass is 16.2. The van der Waals surface area contributed by atoms with Crippen LogP contribution in [0.25, 0.3) is 0 Å². The van der Waals surface area contributed by atoms with Gasteiger partial charge in [-0.15, -0.1) is 0 Å². The molecule has 10 unspecified atom stereocenters. The second kappa shape index (κ2) is 5.15. The molecule has 4 bridgehead atoms. The minimum absolute atomic E-state index is 0.0112. The van der Waals surface area contributed by atoms with Crippen LogP contribution in [0.1, 0.15) is 67.2 Å². The summed E-state index contributed by atoms with van der Waals surface area (Å²) in [7, 11) is 0. The SMILES string of the molecule is C=C(C)C1CC23C4(C(=O)C5C67C4C(=O)C2(C)C6(CC(C(=C)C)C(=O)C[C@H]7C)C53C)[C@H](C)CC1=O. The second-order valence-corrected chi connectivity index (χ2v) is 13.9. The Morgan fingerprint density at radius 3 is 1.79 bits per heavy atom.